The Balaban J connectivity index is 2.40. The molecule has 2 rings (SSSR count). The number of hydrogen-bond acceptors (Lipinski definition) is 2. The Kier molecular flexibility index (Phi) is 2.68. The van der Waals surface area contributed by atoms with Gasteiger partial charge in [0.05, 0.1) is 5.02 Å². The lowest BCUT2D eigenvalue weighted by atomic mass is 10.2. The van der Waals surface area contributed by atoms with E-state index in [4.69, 9.17) is 11.6 Å². The second-order valence-electron chi connectivity index (χ2n) is 3.09. The van der Waals surface area contributed by atoms with E-state index in [2.05, 4.69) is 15.2 Å². The Bertz CT molecular complexity index is 481. The minimum absolute atomic E-state index is 0.0790. The Morgan fingerprint density at radius 2 is 2.27 bits per heavy atom. The highest BCUT2D eigenvalue weighted by molar-refractivity contribution is 6.31. The summed E-state index contributed by atoms with van der Waals surface area (Å²) in [6.45, 7) is 1.97. The van der Waals surface area contributed by atoms with Crippen molar-refractivity contribution in [2.75, 3.05) is 0 Å². The smallest absolute Gasteiger partial charge is 0.181 e. The molecule has 0 atom stereocenters. The number of halogens is 2. The zero-order chi connectivity index (χ0) is 10.8. The maximum absolute atomic E-state index is 12.9. The van der Waals surface area contributed by atoms with Crippen LogP contribution in [0.4, 0.5) is 4.39 Å². The van der Waals surface area contributed by atoms with E-state index in [-0.39, 0.29) is 5.02 Å². The van der Waals surface area contributed by atoms with Crippen LogP contribution in [0.3, 0.4) is 0 Å². The minimum atomic E-state index is -0.438. The SMILES string of the molecule is CCc1nc(-c2ccc(F)c(Cl)c2)n[nH]1. The van der Waals surface area contributed by atoms with E-state index in [1.165, 1.54) is 12.1 Å². The normalized spacial score (nSPS) is 10.6. The number of aromatic nitrogens is 3. The lowest BCUT2D eigenvalue weighted by molar-refractivity contribution is 0.628. The fraction of sp³-hybridized carbons (Fsp3) is 0.200. The summed E-state index contributed by atoms with van der Waals surface area (Å²) in [4.78, 5) is 4.22. The Hall–Kier alpha value is -1.42. The van der Waals surface area contributed by atoms with Crippen molar-refractivity contribution in [2.45, 2.75) is 13.3 Å². The number of aromatic amines is 1. The lowest BCUT2D eigenvalue weighted by Gasteiger charge is -1.96. The first-order valence-electron chi connectivity index (χ1n) is 4.57. The van der Waals surface area contributed by atoms with Gasteiger partial charge in [0.25, 0.3) is 0 Å². The number of benzene rings is 1. The molecule has 1 N–H and O–H groups in total. The van der Waals surface area contributed by atoms with Crippen molar-refractivity contribution in [3.63, 3.8) is 0 Å². The molecule has 0 amide bonds. The van der Waals surface area contributed by atoms with Crippen molar-refractivity contribution in [1.29, 1.82) is 0 Å². The molecular weight excluding hydrogens is 217 g/mol. The number of H-pyrrole nitrogens is 1. The van der Waals surface area contributed by atoms with Crippen LogP contribution in [-0.4, -0.2) is 15.2 Å². The number of nitrogens with zero attached hydrogens (tertiary/aromatic N) is 2. The quantitative estimate of drug-likeness (QED) is 0.854. The van der Waals surface area contributed by atoms with E-state index in [0.717, 1.165) is 12.2 Å². The van der Waals surface area contributed by atoms with Crippen molar-refractivity contribution in [1.82, 2.24) is 15.2 Å². The van der Waals surface area contributed by atoms with Gasteiger partial charge < -0.3 is 0 Å². The molecule has 0 saturated carbocycles. The molecule has 0 unspecified atom stereocenters. The predicted octanol–water partition coefficient (Wildman–Crippen LogP) is 2.83. The fourth-order valence-corrected chi connectivity index (χ4v) is 1.40. The zero-order valence-corrected chi connectivity index (χ0v) is 8.85. The fourth-order valence-electron chi connectivity index (χ4n) is 1.22. The van der Waals surface area contributed by atoms with E-state index >= 15 is 0 Å². The summed E-state index contributed by atoms with van der Waals surface area (Å²) in [5, 5.41) is 6.88. The van der Waals surface area contributed by atoms with Crippen LogP contribution in [0.2, 0.25) is 5.02 Å². The van der Waals surface area contributed by atoms with Gasteiger partial charge in [0.15, 0.2) is 5.82 Å². The summed E-state index contributed by atoms with van der Waals surface area (Å²) in [6.07, 6.45) is 0.780. The van der Waals surface area contributed by atoms with Crippen molar-refractivity contribution >= 4 is 11.6 Å². The largest absolute Gasteiger partial charge is 0.263 e. The van der Waals surface area contributed by atoms with Crippen LogP contribution in [0.25, 0.3) is 11.4 Å². The molecular formula is C10H9ClFN3. The van der Waals surface area contributed by atoms with E-state index in [9.17, 15) is 4.39 Å². The van der Waals surface area contributed by atoms with Gasteiger partial charge in [-0.1, -0.05) is 18.5 Å². The van der Waals surface area contributed by atoms with Crippen LogP contribution in [0.5, 0.6) is 0 Å². The molecule has 5 heteroatoms. The standard InChI is InChI=1S/C10H9ClFN3/c1-2-9-13-10(15-14-9)6-3-4-8(12)7(11)5-6/h3-5H,2H2,1H3,(H,13,14,15). The molecule has 0 radical (unpaired) electrons. The second kappa shape index (κ2) is 3.98. The molecule has 0 spiro atoms. The Morgan fingerprint density at radius 1 is 1.47 bits per heavy atom. The summed E-state index contributed by atoms with van der Waals surface area (Å²) in [5.41, 5.74) is 0.706. The highest BCUT2D eigenvalue weighted by Gasteiger charge is 2.07. The van der Waals surface area contributed by atoms with Gasteiger partial charge in [-0.15, -0.1) is 0 Å². The van der Waals surface area contributed by atoms with Crippen LogP contribution in [0.1, 0.15) is 12.7 Å². The number of hydrogen-bond donors (Lipinski definition) is 1. The summed E-state index contributed by atoms with van der Waals surface area (Å²) >= 11 is 5.66. The minimum Gasteiger partial charge on any atom is -0.263 e. The lowest BCUT2D eigenvalue weighted by Crippen LogP contribution is -1.84. The number of nitrogens with one attached hydrogen (secondary N) is 1. The van der Waals surface area contributed by atoms with Gasteiger partial charge in [0.2, 0.25) is 0 Å². The van der Waals surface area contributed by atoms with Crippen LogP contribution in [0, 0.1) is 5.82 Å². The molecule has 3 nitrogen and oxygen atoms in total. The first kappa shape index (κ1) is 10.1. The molecule has 2 aromatic rings. The summed E-state index contributed by atoms with van der Waals surface area (Å²) in [7, 11) is 0. The first-order valence-corrected chi connectivity index (χ1v) is 4.95. The van der Waals surface area contributed by atoms with Gasteiger partial charge in [0, 0.05) is 12.0 Å². The average molecular weight is 226 g/mol. The maximum atomic E-state index is 12.9. The van der Waals surface area contributed by atoms with Gasteiger partial charge in [-0.3, -0.25) is 5.10 Å². The van der Waals surface area contributed by atoms with E-state index in [1.54, 1.807) is 6.07 Å². The number of rotatable bonds is 2. The second-order valence-corrected chi connectivity index (χ2v) is 3.50. The van der Waals surface area contributed by atoms with E-state index < -0.39 is 5.82 Å². The zero-order valence-electron chi connectivity index (χ0n) is 8.09. The predicted molar refractivity (Wildman–Crippen MR) is 56.2 cm³/mol. The van der Waals surface area contributed by atoms with Crippen LogP contribution < -0.4 is 0 Å². The molecule has 0 fully saturated rings. The summed E-state index contributed by atoms with van der Waals surface area (Å²) in [6, 6.07) is 4.42. The monoisotopic (exact) mass is 225 g/mol. The highest BCUT2D eigenvalue weighted by atomic mass is 35.5. The molecule has 1 aromatic heterocycles. The average Bonchev–Trinajstić information content (AvgIpc) is 2.70. The van der Waals surface area contributed by atoms with E-state index in [1.807, 2.05) is 6.92 Å². The molecule has 0 aliphatic rings. The van der Waals surface area contributed by atoms with Gasteiger partial charge in [-0.2, -0.15) is 5.10 Å². The molecule has 15 heavy (non-hydrogen) atoms. The topological polar surface area (TPSA) is 41.6 Å². The van der Waals surface area contributed by atoms with Gasteiger partial charge >= 0.3 is 0 Å². The van der Waals surface area contributed by atoms with Crippen molar-refractivity contribution in [3.05, 3.63) is 34.9 Å². The molecule has 0 aliphatic heterocycles. The van der Waals surface area contributed by atoms with Crippen molar-refractivity contribution < 1.29 is 4.39 Å². The third-order valence-corrected chi connectivity index (χ3v) is 2.33. The van der Waals surface area contributed by atoms with Gasteiger partial charge in [0.1, 0.15) is 11.6 Å². The maximum Gasteiger partial charge on any atom is 0.181 e. The molecule has 0 aliphatic carbocycles. The summed E-state index contributed by atoms with van der Waals surface area (Å²) in [5.74, 6) is 0.894. The Labute approximate surface area is 91.3 Å². The molecule has 1 aromatic carbocycles. The van der Waals surface area contributed by atoms with Crippen molar-refractivity contribution in [3.8, 4) is 11.4 Å². The Morgan fingerprint density at radius 3 is 2.87 bits per heavy atom. The van der Waals surface area contributed by atoms with Crippen molar-refractivity contribution in [2.24, 2.45) is 0 Å². The molecule has 1 heterocycles. The van der Waals surface area contributed by atoms with Crippen LogP contribution >= 0.6 is 11.6 Å². The highest BCUT2D eigenvalue weighted by Crippen LogP contribution is 2.22. The molecule has 0 saturated heterocycles. The van der Waals surface area contributed by atoms with Gasteiger partial charge in [-0.25, -0.2) is 9.37 Å². The first-order chi connectivity index (χ1) is 7.20. The molecule has 78 valence electrons. The third kappa shape index (κ3) is 1.99. The molecule has 0 bridgehead atoms. The summed E-state index contributed by atoms with van der Waals surface area (Å²) < 4.78 is 12.9. The van der Waals surface area contributed by atoms with E-state index in [0.29, 0.717) is 11.4 Å². The van der Waals surface area contributed by atoms with Crippen LogP contribution in [0.15, 0.2) is 18.2 Å². The third-order valence-electron chi connectivity index (χ3n) is 2.04. The number of aryl methyl sites for hydroxylation is 1. The van der Waals surface area contributed by atoms with Gasteiger partial charge in [-0.05, 0) is 18.2 Å². The van der Waals surface area contributed by atoms with Crippen LogP contribution in [-0.2, 0) is 6.42 Å².